The highest BCUT2D eigenvalue weighted by atomic mass is 16.8. The van der Waals surface area contributed by atoms with Crippen LogP contribution in [0.5, 0.6) is 11.5 Å². The average molecular weight is 455 g/mol. The molecule has 2 aromatic rings. The molecule has 2 atom stereocenters. The van der Waals surface area contributed by atoms with Gasteiger partial charge in [-0.15, -0.1) is 6.58 Å². The summed E-state index contributed by atoms with van der Waals surface area (Å²) < 4.78 is 22.5. The van der Waals surface area contributed by atoms with Crippen LogP contribution >= 0.6 is 0 Å². The topological polar surface area (TPSA) is 79.8 Å². The number of carbonyl (C=O) groups is 1. The quantitative estimate of drug-likeness (QED) is 0.181. The minimum absolute atomic E-state index is 0.402. The highest BCUT2D eigenvalue weighted by molar-refractivity contribution is 5.78. The second kappa shape index (κ2) is 11.9. The monoisotopic (exact) mass is 454 g/mol. The van der Waals surface area contributed by atoms with Crippen molar-refractivity contribution in [1.29, 1.82) is 0 Å². The van der Waals surface area contributed by atoms with Crippen molar-refractivity contribution in [2.75, 3.05) is 6.61 Å². The number of rotatable bonds is 12. The number of hydrogen-bond acceptors (Lipinski definition) is 7. The molecule has 1 fully saturated rings. The van der Waals surface area contributed by atoms with Crippen LogP contribution in [0.2, 0.25) is 0 Å². The van der Waals surface area contributed by atoms with E-state index in [2.05, 4.69) is 23.5 Å². The molecule has 7 heteroatoms. The molecule has 0 saturated carbocycles. The number of ether oxygens (including phenoxy) is 4. The van der Waals surface area contributed by atoms with Crippen molar-refractivity contribution < 1.29 is 23.7 Å². The standard InChI is InChI=1S/C26H34N2O5/c1-5-7-8-9-10-11-16-30-21-17-27-24(28-18-21)19-12-14-20(15-13-19)31-25(29)23-22(6-2)32-26(3,4)33-23/h6,12-15,17-18,22-23H,2,5,7-11,16H2,1,3-4H3. The summed E-state index contributed by atoms with van der Waals surface area (Å²) in [6, 6.07) is 7.00. The zero-order chi connectivity index (χ0) is 23.7. The molecule has 0 radical (unpaired) electrons. The first kappa shape index (κ1) is 24.9. The van der Waals surface area contributed by atoms with E-state index in [1.54, 1.807) is 56.6 Å². The van der Waals surface area contributed by atoms with Gasteiger partial charge in [0.2, 0.25) is 0 Å². The van der Waals surface area contributed by atoms with E-state index >= 15 is 0 Å². The Morgan fingerprint density at radius 2 is 1.70 bits per heavy atom. The van der Waals surface area contributed by atoms with Gasteiger partial charge in [0.1, 0.15) is 11.9 Å². The van der Waals surface area contributed by atoms with Crippen molar-refractivity contribution >= 4 is 5.97 Å². The zero-order valence-electron chi connectivity index (χ0n) is 19.8. The van der Waals surface area contributed by atoms with E-state index in [0.717, 1.165) is 12.0 Å². The summed E-state index contributed by atoms with van der Waals surface area (Å²) in [5.74, 6) is 0.242. The summed E-state index contributed by atoms with van der Waals surface area (Å²) in [5.41, 5.74) is 0.808. The van der Waals surface area contributed by atoms with E-state index in [1.165, 1.54) is 32.1 Å². The second-order valence-electron chi connectivity index (χ2n) is 8.56. The number of esters is 1. The van der Waals surface area contributed by atoms with Gasteiger partial charge < -0.3 is 18.9 Å². The molecule has 1 saturated heterocycles. The van der Waals surface area contributed by atoms with Crippen LogP contribution in [0.3, 0.4) is 0 Å². The molecule has 0 bridgehead atoms. The maximum Gasteiger partial charge on any atom is 0.343 e. The van der Waals surface area contributed by atoms with Gasteiger partial charge >= 0.3 is 5.97 Å². The van der Waals surface area contributed by atoms with E-state index in [9.17, 15) is 4.79 Å². The van der Waals surface area contributed by atoms with Gasteiger partial charge in [0.25, 0.3) is 0 Å². The lowest BCUT2D eigenvalue weighted by molar-refractivity contribution is -0.163. The second-order valence-corrected chi connectivity index (χ2v) is 8.56. The normalized spacial score (nSPS) is 19.2. The molecule has 1 aromatic carbocycles. The molecule has 33 heavy (non-hydrogen) atoms. The number of carbonyl (C=O) groups excluding carboxylic acids is 1. The number of aromatic nitrogens is 2. The first-order valence-electron chi connectivity index (χ1n) is 11.7. The lowest BCUT2D eigenvalue weighted by atomic mass is 10.1. The summed E-state index contributed by atoms with van der Waals surface area (Å²) in [5, 5.41) is 0. The Kier molecular flexibility index (Phi) is 8.97. The largest absolute Gasteiger partial charge is 0.490 e. The van der Waals surface area contributed by atoms with Gasteiger partial charge in [-0.05, 0) is 44.5 Å². The van der Waals surface area contributed by atoms with Crippen LogP contribution in [0, 0.1) is 0 Å². The van der Waals surface area contributed by atoms with Crippen LogP contribution in [-0.4, -0.2) is 40.5 Å². The lowest BCUT2D eigenvalue weighted by Gasteiger charge is -2.16. The Morgan fingerprint density at radius 3 is 2.36 bits per heavy atom. The Hall–Kier alpha value is -2.77. The van der Waals surface area contributed by atoms with E-state index in [-0.39, 0.29) is 0 Å². The predicted octanol–water partition coefficient (Wildman–Crippen LogP) is 5.49. The minimum atomic E-state index is -0.867. The summed E-state index contributed by atoms with van der Waals surface area (Å²) in [6.07, 6.45) is 10.8. The first-order chi connectivity index (χ1) is 15.9. The first-order valence-corrected chi connectivity index (χ1v) is 11.7. The maximum atomic E-state index is 12.5. The van der Waals surface area contributed by atoms with Crippen LogP contribution in [0.1, 0.15) is 59.3 Å². The molecule has 2 unspecified atom stereocenters. The summed E-state index contributed by atoms with van der Waals surface area (Å²) >= 11 is 0. The van der Waals surface area contributed by atoms with Crippen molar-refractivity contribution in [3.63, 3.8) is 0 Å². The molecule has 0 amide bonds. The van der Waals surface area contributed by atoms with Crippen molar-refractivity contribution in [3.8, 4) is 22.9 Å². The number of benzene rings is 1. The van der Waals surface area contributed by atoms with Crippen molar-refractivity contribution in [2.24, 2.45) is 0 Å². The Bertz CT molecular complexity index is 896. The Labute approximate surface area is 196 Å². The zero-order valence-corrected chi connectivity index (χ0v) is 19.8. The Morgan fingerprint density at radius 1 is 1.03 bits per heavy atom. The molecule has 1 aromatic heterocycles. The number of hydrogen-bond donors (Lipinski definition) is 0. The number of nitrogens with zero attached hydrogens (tertiary/aromatic N) is 2. The summed E-state index contributed by atoms with van der Waals surface area (Å²) in [4.78, 5) is 21.3. The van der Waals surface area contributed by atoms with Crippen LogP contribution in [-0.2, 0) is 14.3 Å². The highest BCUT2D eigenvalue weighted by Gasteiger charge is 2.44. The minimum Gasteiger partial charge on any atom is -0.490 e. The fraction of sp³-hybridized carbons (Fsp3) is 0.500. The fourth-order valence-corrected chi connectivity index (χ4v) is 3.60. The molecule has 1 aliphatic rings. The van der Waals surface area contributed by atoms with Gasteiger partial charge in [0.05, 0.1) is 19.0 Å². The SMILES string of the molecule is C=CC1OC(C)(C)OC1C(=O)Oc1ccc(-c2ncc(OCCCCCCCC)cn2)cc1. The maximum absolute atomic E-state index is 12.5. The molecule has 7 nitrogen and oxygen atoms in total. The van der Waals surface area contributed by atoms with Crippen molar-refractivity contribution in [2.45, 2.75) is 77.3 Å². The number of unbranched alkanes of at least 4 members (excludes halogenated alkanes) is 5. The van der Waals surface area contributed by atoms with Crippen LogP contribution in [0.25, 0.3) is 11.4 Å². The van der Waals surface area contributed by atoms with Gasteiger partial charge in [-0.25, -0.2) is 14.8 Å². The Balaban J connectivity index is 1.48. The van der Waals surface area contributed by atoms with Gasteiger partial charge in [-0.1, -0.05) is 45.1 Å². The van der Waals surface area contributed by atoms with Gasteiger partial charge in [0, 0.05) is 5.56 Å². The molecule has 3 rings (SSSR count). The van der Waals surface area contributed by atoms with Crippen LogP contribution < -0.4 is 9.47 Å². The van der Waals surface area contributed by atoms with Crippen LogP contribution in [0.4, 0.5) is 0 Å². The third-order valence-electron chi connectivity index (χ3n) is 5.32. The summed E-state index contributed by atoms with van der Waals surface area (Å²) in [7, 11) is 0. The lowest BCUT2D eigenvalue weighted by Crippen LogP contribution is -2.34. The van der Waals surface area contributed by atoms with Gasteiger partial charge in [0.15, 0.2) is 23.5 Å². The molecule has 0 spiro atoms. The van der Waals surface area contributed by atoms with Crippen molar-refractivity contribution in [1.82, 2.24) is 9.97 Å². The van der Waals surface area contributed by atoms with E-state index < -0.39 is 24.0 Å². The van der Waals surface area contributed by atoms with E-state index in [1.807, 2.05) is 0 Å². The highest BCUT2D eigenvalue weighted by Crippen LogP contribution is 2.30. The molecular formula is C26H34N2O5. The van der Waals surface area contributed by atoms with Gasteiger partial charge in [-0.3, -0.25) is 0 Å². The van der Waals surface area contributed by atoms with E-state index in [4.69, 9.17) is 18.9 Å². The third-order valence-corrected chi connectivity index (χ3v) is 5.32. The average Bonchev–Trinajstić information content (AvgIpc) is 3.14. The fourth-order valence-electron chi connectivity index (χ4n) is 3.60. The molecule has 2 heterocycles. The molecule has 178 valence electrons. The molecule has 1 aliphatic heterocycles. The van der Waals surface area contributed by atoms with Gasteiger partial charge in [-0.2, -0.15) is 0 Å². The van der Waals surface area contributed by atoms with E-state index in [0.29, 0.717) is 23.9 Å². The van der Waals surface area contributed by atoms with Crippen LogP contribution in [0.15, 0.2) is 49.3 Å². The predicted molar refractivity (Wildman–Crippen MR) is 126 cm³/mol. The molecular weight excluding hydrogens is 420 g/mol. The smallest absolute Gasteiger partial charge is 0.343 e. The molecule has 0 aliphatic carbocycles. The third kappa shape index (κ3) is 7.37. The summed E-state index contributed by atoms with van der Waals surface area (Å²) in [6.45, 7) is 10.1. The molecule has 0 N–H and O–H groups in total. The van der Waals surface area contributed by atoms with Crippen molar-refractivity contribution in [3.05, 3.63) is 49.3 Å².